The van der Waals surface area contributed by atoms with Crippen LogP contribution in [-0.2, 0) is 11.2 Å². The van der Waals surface area contributed by atoms with Gasteiger partial charge in [-0.05, 0) is 71.1 Å². The normalized spacial score (nSPS) is 15.2. The Hall–Kier alpha value is -3.74. The fourth-order valence-corrected chi connectivity index (χ4v) is 5.28. The molecule has 0 bridgehead atoms. The molecule has 7 nitrogen and oxygen atoms in total. The van der Waals surface area contributed by atoms with Crippen LogP contribution in [0.1, 0.15) is 48.7 Å². The Balaban J connectivity index is 1.25. The minimum absolute atomic E-state index is 0.0242. The molecule has 192 valence electrons. The van der Waals surface area contributed by atoms with Crippen LogP contribution in [0.4, 0.5) is 5.82 Å². The second-order valence-electron chi connectivity index (χ2n) is 10.4. The van der Waals surface area contributed by atoms with Crippen LogP contribution in [0, 0.1) is 26.7 Å². The highest BCUT2D eigenvalue weighted by molar-refractivity contribution is 5.92. The standard InChI is InChI=1S/C30H36N6O/c1-20-10-14-26(15-11-20)36-23(4)27-22(3)32-33-29(28(27)34-36)35-18-16-25(17-19-35)30(37)31-21(2)12-13-24-8-6-5-7-9-24/h5-11,14-15,21,25H,12-13,16-19H2,1-4H3,(H,31,37)/t21-/m1/s1. The summed E-state index contributed by atoms with van der Waals surface area (Å²) in [7, 11) is 0. The second-order valence-corrected chi connectivity index (χ2v) is 10.4. The van der Waals surface area contributed by atoms with E-state index in [0.717, 1.165) is 72.6 Å². The molecule has 7 heteroatoms. The monoisotopic (exact) mass is 496 g/mol. The second kappa shape index (κ2) is 10.7. The van der Waals surface area contributed by atoms with Crippen molar-refractivity contribution < 1.29 is 4.79 Å². The number of nitrogens with one attached hydrogen (secondary N) is 1. The minimum Gasteiger partial charge on any atom is -0.353 e. The summed E-state index contributed by atoms with van der Waals surface area (Å²) >= 11 is 0. The average Bonchev–Trinajstić information content (AvgIpc) is 3.26. The molecule has 4 aromatic rings. The van der Waals surface area contributed by atoms with Gasteiger partial charge in [-0.1, -0.05) is 48.0 Å². The maximum absolute atomic E-state index is 13.0. The van der Waals surface area contributed by atoms with Crippen molar-refractivity contribution in [3.63, 3.8) is 0 Å². The number of anilines is 1. The molecule has 1 aliphatic heterocycles. The number of hydrogen-bond acceptors (Lipinski definition) is 5. The van der Waals surface area contributed by atoms with E-state index in [9.17, 15) is 4.79 Å². The number of amides is 1. The van der Waals surface area contributed by atoms with Crippen molar-refractivity contribution in [2.24, 2.45) is 5.92 Å². The minimum atomic E-state index is 0.0242. The predicted octanol–water partition coefficient (Wildman–Crippen LogP) is 5.09. The van der Waals surface area contributed by atoms with Gasteiger partial charge >= 0.3 is 0 Å². The van der Waals surface area contributed by atoms with E-state index in [1.54, 1.807) is 0 Å². The van der Waals surface area contributed by atoms with Crippen molar-refractivity contribution in [3.8, 4) is 5.69 Å². The van der Waals surface area contributed by atoms with Crippen LogP contribution in [-0.4, -0.2) is 45.0 Å². The average molecular weight is 497 g/mol. The van der Waals surface area contributed by atoms with Gasteiger partial charge in [0.05, 0.1) is 22.5 Å². The van der Waals surface area contributed by atoms with Gasteiger partial charge in [0, 0.05) is 25.0 Å². The van der Waals surface area contributed by atoms with Gasteiger partial charge < -0.3 is 10.2 Å². The van der Waals surface area contributed by atoms with Crippen LogP contribution in [0.25, 0.3) is 16.6 Å². The number of rotatable bonds is 7. The lowest BCUT2D eigenvalue weighted by Crippen LogP contribution is -2.43. The molecular weight excluding hydrogens is 460 g/mol. The quantitative estimate of drug-likeness (QED) is 0.386. The van der Waals surface area contributed by atoms with Crippen molar-refractivity contribution >= 4 is 22.6 Å². The molecule has 1 saturated heterocycles. The maximum Gasteiger partial charge on any atom is 0.223 e. The molecule has 0 unspecified atom stereocenters. The van der Waals surface area contributed by atoms with E-state index in [1.165, 1.54) is 11.1 Å². The lowest BCUT2D eigenvalue weighted by atomic mass is 9.95. The smallest absolute Gasteiger partial charge is 0.223 e. The zero-order chi connectivity index (χ0) is 25.9. The third kappa shape index (κ3) is 5.36. The molecule has 1 amide bonds. The molecule has 1 aliphatic rings. The first kappa shape index (κ1) is 24.9. The van der Waals surface area contributed by atoms with E-state index < -0.39 is 0 Å². The summed E-state index contributed by atoms with van der Waals surface area (Å²) in [4.78, 5) is 15.2. The van der Waals surface area contributed by atoms with Gasteiger partial charge in [0.25, 0.3) is 0 Å². The zero-order valence-corrected chi connectivity index (χ0v) is 22.2. The van der Waals surface area contributed by atoms with Crippen molar-refractivity contribution in [2.75, 3.05) is 18.0 Å². The van der Waals surface area contributed by atoms with Crippen LogP contribution < -0.4 is 10.2 Å². The fourth-order valence-electron chi connectivity index (χ4n) is 5.28. The van der Waals surface area contributed by atoms with Crippen LogP contribution in [0.3, 0.4) is 0 Å². The Bertz CT molecular complexity index is 1370. The van der Waals surface area contributed by atoms with Crippen LogP contribution >= 0.6 is 0 Å². The summed E-state index contributed by atoms with van der Waals surface area (Å²) in [6.45, 7) is 9.79. The first-order valence-electron chi connectivity index (χ1n) is 13.3. The van der Waals surface area contributed by atoms with Crippen molar-refractivity contribution in [1.82, 2.24) is 25.3 Å². The lowest BCUT2D eigenvalue weighted by Gasteiger charge is -2.32. The van der Waals surface area contributed by atoms with Gasteiger partial charge in [-0.3, -0.25) is 4.79 Å². The molecule has 3 heterocycles. The van der Waals surface area contributed by atoms with E-state index in [-0.39, 0.29) is 17.9 Å². The first-order valence-corrected chi connectivity index (χ1v) is 13.3. The lowest BCUT2D eigenvalue weighted by molar-refractivity contribution is -0.126. The number of carbonyl (C=O) groups excluding carboxylic acids is 1. The Kier molecular flexibility index (Phi) is 7.22. The SMILES string of the molecule is Cc1ccc(-n2nc3c(N4CCC(C(=O)N[C@H](C)CCc5ccccc5)CC4)nnc(C)c3c2C)cc1. The third-order valence-corrected chi connectivity index (χ3v) is 7.53. The summed E-state index contributed by atoms with van der Waals surface area (Å²) in [5, 5.41) is 18.3. The summed E-state index contributed by atoms with van der Waals surface area (Å²) in [5.74, 6) is 1.00. The largest absolute Gasteiger partial charge is 0.353 e. The molecule has 1 atom stereocenters. The highest BCUT2D eigenvalue weighted by Gasteiger charge is 2.29. The Morgan fingerprint density at radius 1 is 1.00 bits per heavy atom. The molecule has 2 aromatic carbocycles. The summed E-state index contributed by atoms with van der Waals surface area (Å²) in [5.41, 5.74) is 6.38. The fraction of sp³-hybridized carbons (Fsp3) is 0.400. The third-order valence-electron chi connectivity index (χ3n) is 7.53. The van der Waals surface area contributed by atoms with Gasteiger partial charge in [0.2, 0.25) is 5.91 Å². The maximum atomic E-state index is 13.0. The number of nitrogens with zero attached hydrogens (tertiary/aromatic N) is 5. The Morgan fingerprint density at radius 3 is 2.41 bits per heavy atom. The predicted molar refractivity (Wildman–Crippen MR) is 148 cm³/mol. The van der Waals surface area contributed by atoms with E-state index >= 15 is 0 Å². The number of benzene rings is 2. The molecule has 1 N–H and O–H groups in total. The zero-order valence-electron chi connectivity index (χ0n) is 22.2. The highest BCUT2D eigenvalue weighted by Crippen LogP contribution is 2.31. The van der Waals surface area contributed by atoms with Crippen LogP contribution in [0.2, 0.25) is 0 Å². The van der Waals surface area contributed by atoms with E-state index in [1.807, 2.05) is 17.7 Å². The van der Waals surface area contributed by atoms with E-state index in [4.69, 9.17) is 5.10 Å². The number of carbonyl (C=O) groups is 1. The van der Waals surface area contributed by atoms with E-state index in [2.05, 4.69) is 89.7 Å². The summed E-state index contributed by atoms with van der Waals surface area (Å²) in [6, 6.07) is 19.0. The van der Waals surface area contributed by atoms with Gasteiger partial charge in [-0.15, -0.1) is 5.10 Å². The number of fused-ring (bicyclic) bond motifs is 1. The molecule has 37 heavy (non-hydrogen) atoms. The van der Waals surface area contributed by atoms with Gasteiger partial charge in [-0.25, -0.2) is 4.68 Å². The number of hydrogen-bond donors (Lipinski definition) is 1. The van der Waals surface area contributed by atoms with Gasteiger partial charge in [0.15, 0.2) is 5.82 Å². The van der Waals surface area contributed by atoms with Crippen molar-refractivity contribution in [1.29, 1.82) is 0 Å². The van der Waals surface area contributed by atoms with Crippen LogP contribution in [0.15, 0.2) is 54.6 Å². The molecule has 0 saturated carbocycles. The molecule has 0 radical (unpaired) electrons. The molecule has 0 spiro atoms. The molecular formula is C30H36N6O. The number of aryl methyl sites for hydroxylation is 4. The summed E-state index contributed by atoms with van der Waals surface area (Å²) in [6.07, 6.45) is 3.50. The topological polar surface area (TPSA) is 75.9 Å². The molecule has 5 rings (SSSR count). The molecule has 0 aliphatic carbocycles. The summed E-state index contributed by atoms with van der Waals surface area (Å²) < 4.78 is 1.99. The Morgan fingerprint density at radius 2 is 1.70 bits per heavy atom. The van der Waals surface area contributed by atoms with E-state index in [0.29, 0.717) is 0 Å². The van der Waals surface area contributed by atoms with Crippen molar-refractivity contribution in [3.05, 3.63) is 77.1 Å². The first-order chi connectivity index (χ1) is 17.9. The van der Waals surface area contributed by atoms with Crippen LogP contribution in [0.5, 0.6) is 0 Å². The highest BCUT2D eigenvalue weighted by atomic mass is 16.1. The number of piperidine rings is 1. The Labute approximate surface area is 218 Å². The van der Waals surface area contributed by atoms with Crippen molar-refractivity contribution in [2.45, 2.75) is 59.4 Å². The van der Waals surface area contributed by atoms with Gasteiger partial charge in [0.1, 0.15) is 5.52 Å². The number of aromatic nitrogens is 4. The van der Waals surface area contributed by atoms with Gasteiger partial charge in [-0.2, -0.15) is 10.2 Å². The molecule has 2 aromatic heterocycles. The molecule has 1 fully saturated rings.